The Labute approximate surface area is 114 Å². The van der Waals surface area contributed by atoms with Gasteiger partial charge in [0.25, 0.3) is 5.79 Å². The molecule has 0 bridgehead atoms. The van der Waals surface area contributed by atoms with Gasteiger partial charge in [0, 0.05) is 20.0 Å². The molecule has 1 saturated heterocycles. The number of aromatic nitrogens is 1. The van der Waals surface area contributed by atoms with Gasteiger partial charge in [0.05, 0.1) is 11.9 Å². The number of nitrogens with zero attached hydrogens (tertiary/aromatic N) is 1. The van der Waals surface area contributed by atoms with Gasteiger partial charge in [-0.25, -0.2) is 14.6 Å². The van der Waals surface area contributed by atoms with E-state index in [0.717, 1.165) is 0 Å². The van der Waals surface area contributed by atoms with Crippen LogP contribution in [0.1, 0.15) is 13.8 Å². The number of hydrogen-bond acceptors (Lipinski definition) is 6. The molecule has 1 aliphatic rings. The minimum atomic E-state index is -1.24. The summed E-state index contributed by atoms with van der Waals surface area (Å²) in [6.07, 6.45) is 2.67. The van der Waals surface area contributed by atoms with Crippen LogP contribution < -0.4 is 5.32 Å². The Morgan fingerprint density at radius 3 is 2.42 bits per heavy atom. The molecule has 0 atom stereocenters. The topological polar surface area (TPSA) is 77.5 Å². The van der Waals surface area contributed by atoms with E-state index in [1.54, 1.807) is 12.1 Å². The van der Waals surface area contributed by atoms with Crippen molar-refractivity contribution in [3.63, 3.8) is 0 Å². The number of nitrogens with one attached hydrogen (secondary N) is 1. The van der Waals surface area contributed by atoms with Crippen LogP contribution in [0, 0.1) is 0 Å². The summed E-state index contributed by atoms with van der Waals surface area (Å²) in [5.41, 5.74) is 0.358. The molecule has 6 nitrogen and oxygen atoms in total. The van der Waals surface area contributed by atoms with Gasteiger partial charge < -0.3 is 14.8 Å². The number of esters is 2. The number of carbonyl (C=O) groups is 2. The molecule has 1 N–H and O–H groups in total. The number of anilines is 1. The smallest absolute Gasteiger partial charge is 0.350 e. The number of halogens is 1. The quantitative estimate of drug-likeness (QED) is 0.386. The summed E-state index contributed by atoms with van der Waals surface area (Å²) in [6, 6.07) is 3.22. The van der Waals surface area contributed by atoms with E-state index < -0.39 is 17.7 Å². The Morgan fingerprint density at radius 2 is 1.89 bits per heavy atom. The lowest BCUT2D eigenvalue weighted by Gasteiger charge is -2.29. The fraction of sp³-hybridized carbons (Fsp3) is 0.250. The highest BCUT2D eigenvalue weighted by Crippen LogP contribution is 2.22. The Kier molecular flexibility index (Phi) is 3.44. The van der Waals surface area contributed by atoms with Crippen LogP contribution in [0.4, 0.5) is 5.69 Å². The molecule has 7 heteroatoms. The van der Waals surface area contributed by atoms with Gasteiger partial charge in [-0.3, -0.25) is 0 Å². The van der Waals surface area contributed by atoms with Crippen molar-refractivity contribution in [2.24, 2.45) is 0 Å². The predicted octanol–water partition coefficient (Wildman–Crippen LogP) is 1.87. The molecule has 100 valence electrons. The summed E-state index contributed by atoms with van der Waals surface area (Å²) in [7, 11) is 0. The minimum absolute atomic E-state index is 0.214. The van der Waals surface area contributed by atoms with Crippen LogP contribution in [0.5, 0.6) is 0 Å². The molecule has 0 radical (unpaired) electrons. The molecule has 0 spiro atoms. The van der Waals surface area contributed by atoms with Crippen LogP contribution >= 0.6 is 11.6 Å². The van der Waals surface area contributed by atoms with Gasteiger partial charge in [0.2, 0.25) is 0 Å². The monoisotopic (exact) mass is 282 g/mol. The summed E-state index contributed by atoms with van der Waals surface area (Å²) in [5, 5.41) is 3.09. The first-order chi connectivity index (χ1) is 8.87. The fourth-order valence-corrected chi connectivity index (χ4v) is 1.51. The molecule has 0 saturated carbocycles. The number of carbonyl (C=O) groups excluding carboxylic acids is 2. The molecular weight excluding hydrogens is 272 g/mol. The standard InChI is InChI=1S/C12H11ClN2O4/c1-12(2)18-10(16)8(11(17)19-12)6-14-7-3-4-9(13)15-5-7/h3-6,14H,1-2H3. The van der Waals surface area contributed by atoms with E-state index in [9.17, 15) is 9.59 Å². The zero-order valence-electron chi connectivity index (χ0n) is 10.3. The summed E-state index contributed by atoms with van der Waals surface area (Å²) in [5.74, 6) is -2.72. The second-order valence-corrected chi connectivity index (χ2v) is 4.64. The predicted molar refractivity (Wildman–Crippen MR) is 67.2 cm³/mol. The summed E-state index contributed by atoms with van der Waals surface area (Å²) >= 11 is 5.64. The first-order valence-corrected chi connectivity index (χ1v) is 5.80. The average Bonchev–Trinajstić information content (AvgIpc) is 2.29. The molecule has 1 aromatic heterocycles. The highest BCUT2D eigenvalue weighted by molar-refractivity contribution is 6.29. The SMILES string of the molecule is CC1(C)OC(=O)C(=CNc2ccc(Cl)nc2)C(=O)O1. The summed E-state index contributed by atoms with van der Waals surface area (Å²) in [6.45, 7) is 2.96. The van der Waals surface area contributed by atoms with E-state index in [0.29, 0.717) is 10.8 Å². The minimum Gasteiger partial charge on any atom is -0.419 e. The van der Waals surface area contributed by atoms with Crippen molar-refractivity contribution in [1.29, 1.82) is 0 Å². The van der Waals surface area contributed by atoms with Gasteiger partial charge >= 0.3 is 11.9 Å². The fourth-order valence-electron chi connectivity index (χ4n) is 1.40. The second kappa shape index (κ2) is 4.89. The third kappa shape index (κ3) is 3.23. The highest BCUT2D eigenvalue weighted by Gasteiger charge is 2.38. The number of pyridine rings is 1. The molecule has 0 amide bonds. The van der Waals surface area contributed by atoms with Gasteiger partial charge in [0.15, 0.2) is 5.57 Å². The molecule has 19 heavy (non-hydrogen) atoms. The van der Waals surface area contributed by atoms with Gasteiger partial charge in [-0.15, -0.1) is 0 Å². The lowest BCUT2D eigenvalue weighted by molar-refractivity contribution is -0.222. The number of hydrogen-bond donors (Lipinski definition) is 1. The first kappa shape index (κ1) is 13.4. The van der Waals surface area contributed by atoms with Gasteiger partial charge in [-0.1, -0.05) is 11.6 Å². The van der Waals surface area contributed by atoms with E-state index in [-0.39, 0.29) is 5.57 Å². The highest BCUT2D eigenvalue weighted by atomic mass is 35.5. The van der Waals surface area contributed by atoms with Crippen molar-refractivity contribution in [2.45, 2.75) is 19.6 Å². The molecule has 1 aromatic rings. The maximum absolute atomic E-state index is 11.6. The van der Waals surface area contributed by atoms with Crippen molar-refractivity contribution >= 4 is 29.2 Å². The molecule has 1 fully saturated rings. The Balaban J connectivity index is 2.13. The van der Waals surface area contributed by atoms with Crippen LogP contribution in [0.3, 0.4) is 0 Å². The number of cyclic esters (lactones) is 2. The van der Waals surface area contributed by atoms with Crippen LogP contribution in [0.25, 0.3) is 0 Å². The third-order valence-electron chi connectivity index (χ3n) is 2.23. The molecule has 0 aromatic carbocycles. The zero-order valence-corrected chi connectivity index (χ0v) is 11.0. The maximum Gasteiger partial charge on any atom is 0.350 e. The zero-order chi connectivity index (χ0) is 14.0. The normalized spacial score (nSPS) is 17.5. The summed E-state index contributed by atoms with van der Waals surface area (Å²) < 4.78 is 9.87. The Morgan fingerprint density at radius 1 is 1.26 bits per heavy atom. The van der Waals surface area contributed by atoms with Crippen molar-refractivity contribution in [2.75, 3.05) is 5.32 Å². The lowest BCUT2D eigenvalue weighted by atomic mass is 10.2. The lowest BCUT2D eigenvalue weighted by Crippen LogP contribution is -2.42. The Hall–Kier alpha value is -2.08. The van der Waals surface area contributed by atoms with E-state index in [1.807, 2.05) is 0 Å². The number of ether oxygens (including phenoxy) is 2. The van der Waals surface area contributed by atoms with Crippen LogP contribution in [0.2, 0.25) is 5.15 Å². The van der Waals surface area contributed by atoms with E-state index in [4.69, 9.17) is 21.1 Å². The Bertz CT molecular complexity index is 529. The maximum atomic E-state index is 11.6. The van der Waals surface area contributed by atoms with Crippen molar-refractivity contribution in [1.82, 2.24) is 4.98 Å². The molecule has 0 unspecified atom stereocenters. The van der Waals surface area contributed by atoms with E-state index >= 15 is 0 Å². The molecule has 1 aliphatic heterocycles. The molecular formula is C12H11ClN2O4. The average molecular weight is 283 g/mol. The third-order valence-corrected chi connectivity index (χ3v) is 2.45. The molecule has 2 rings (SSSR count). The van der Waals surface area contributed by atoms with Crippen molar-refractivity contribution < 1.29 is 19.1 Å². The van der Waals surface area contributed by atoms with Gasteiger partial charge in [0.1, 0.15) is 5.15 Å². The van der Waals surface area contributed by atoms with Crippen molar-refractivity contribution in [3.05, 3.63) is 35.3 Å². The van der Waals surface area contributed by atoms with Crippen LogP contribution in [0.15, 0.2) is 30.1 Å². The van der Waals surface area contributed by atoms with E-state index in [2.05, 4.69) is 10.3 Å². The van der Waals surface area contributed by atoms with E-state index in [1.165, 1.54) is 26.2 Å². The first-order valence-electron chi connectivity index (χ1n) is 5.42. The molecule has 0 aliphatic carbocycles. The van der Waals surface area contributed by atoms with Gasteiger partial charge in [-0.05, 0) is 12.1 Å². The molecule has 2 heterocycles. The van der Waals surface area contributed by atoms with Crippen molar-refractivity contribution in [3.8, 4) is 0 Å². The largest absolute Gasteiger partial charge is 0.419 e. The van der Waals surface area contributed by atoms with Crippen LogP contribution in [-0.4, -0.2) is 22.7 Å². The number of rotatable bonds is 2. The van der Waals surface area contributed by atoms with Gasteiger partial charge in [-0.2, -0.15) is 0 Å². The summed E-state index contributed by atoms with van der Waals surface area (Å²) in [4.78, 5) is 27.1. The van der Waals surface area contributed by atoms with Crippen LogP contribution in [-0.2, 0) is 19.1 Å². The second-order valence-electron chi connectivity index (χ2n) is 4.25.